The summed E-state index contributed by atoms with van der Waals surface area (Å²) < 4.78 is 18.1. The van der Waals surface area contributed by atoms with E-state index in [0.29, 0.717) is 5.56 Å². The lowest BCUT2D eigenvalue weighted by Gasteiger charge is -2.25. The summed E-state index contributed by atoms with van der Waals surface area (Å²) in [5.41, 5.74) is -1.90. The Morgan fingerprint density at radius 1 is 1.19 bits per heavy atom. The first kappa shape index (κ1) is 22.7. The summed E-state index contributed by atoms with van der Waals surface area (Å²) in [4.78, 5) is 44.2. The topological polar surface area (TPSA) is 163 Å². The number of benzene rings is 1. The van der Waals surface area contributed by atoms with Crippen LogP contribution in [0.2, 0.25) is 0 Å². The molecule has 11 nitrogen and oxygen atoms in total. The third-order valence-electron chi connectivity index (χ3n) is 4.49. The molecule has 0 aliphatic rings. The number of H-pyrrole nitrogens is 1. The molecule has 2 aromatic heterocycles. The van der Waals surface area contributed by atoms with E-state index in [2.05, 4.69) is 30.8 Å². The number of aliphatic hydroxyl groups excluding tert-OH is 1. The van der Waals surface area contributed by atoms with E-state index in [0.717, 1.165) is 0 Å². The average molecular weight is 444 g/mol. The highest BCUT2D eigenvalue weighted by atomic mass is 19.1. The van der Waals surface area contributed by atoms with Crippen LogP contribution in [0.25, 0.3) is 0 Å². The van der Waals surface area contributed by atoms with Crippen LogP contribution in [0.4, 0.5) is 4.39 Å². The summed E-state index contributed by atoms with van der Waals surface area (Å²) >= 11 is 0. The van der Waals surface area contributed by atoms with Gasteiger partial charge in [-0.05, 0) is 31.5 Å². The van der Waals surface area contributed by atoms with E-state index in [4.69, 9.17) is 4.42 Å². The molecule has 0 atom stereocenters. The predicted molar refractivity (Wildman–Crippen MR) is 108 cm³/mol. The zero-order valence-electron chi connectivity index (χ0n) is 17.5. The molecule has 12 heteroatoms. The quantitative estimate of drug-likeness (QED) is 0.413. The molecule has 3 aromatic rings. The molecule has 0 aliphatic heterocycles. The fraction of sp³-hybridized carbons (Fsp3) is 0.300. The Labute approximate surface area is 181 Å². The number of aryl methyl sites for hydroxylation is 1. The average Bonchev–Trinajstić information content (AvgIpc) is 3.18. The molecule has 0 bridgehead atoms. The zero-order chi connectivity index (χ0) is 23.5. The van der Waals surface area contributed by atoms with Crippen molar-refractivity contribution in [3.05, 3.63) is 74.9 Å². The second-order valence-electron chi connectivity index (χ2n) is 7.41. The van der Waals surface area contributed by atoms with E-state index in [1.807, 2.05) is 0 Å². The van der Waals surface area contributed by atoms with Gasteiger partial charge in [-0.1, -0.05) is 12.1 Å². The summed E-state index contributed by atoms with van der Waals surface area (Å²) in [7, 11) is 0. The molecule has 32 heavy (non-hydrogen) atoms. The van der Waals surface area contributed by atoms with E-state index in [1.54, 1.807) is 13.8 Å². The van der Waals surface area contributed by atoms with Crippen molar-refractivity contribution >= 4 is 11.8 Å². The van der Waals surface area contributed by atoms with Crippen LogP contribution in [-0.2, 0) is 18.7 Å². The number of nitrogens with one attached hydrogen (secondary N) is 3. The molecule has 0 saturated heterocycles. The molecule has 0 fully saturated rings. The number of nitrogens with zero attached hydrogens (tertiary/aromatic N) is 3. The molecule has 0 aliphatic carbocycles. The molecule has 2 amide bonds. The predicted octanol–water partition coefficient (Wildman–Crippen LogP) is 0.688. The standard InChI is InChI=1S/C20H21FN6O5/c1-10-26-27-18(32-10)17(31)25-20(2,3)19-23-14(13(9-28)15(29)24-19)16(30)22-8-11-4-6-12(21)7-5-11/h4-7,28H,8-9H2,1-3H3,(H,22,30)(H,25,31)(H,23,24,29). The first-order chi connectivity index (χ1) is 15.1. The second kappa shape index (κ2) is 9.06. The molecule has 168 valence electrons. The van der Waals surface area contributed by atoms with Gasteiger partial charge in [0.25, 0.3) is 11.5 Å². The van der Waals surface area contributed by atoms with E-state index in [1.165, 1.54) is 31.2 Å². The van der Waals surface area contributed by atoms with Crippen LogP contribution >= 0.6 is 0 Å². The highest BCUT2D eigenvalue weighted by molar-refractivity contribution is 5.93. The molecule has 1 aromatic carbocycles. The Balaban J connectivity index is 1.86. The lowest BCUT2D eigenvalue weighted by atomic mass is 10.0. The molecule has 0 saturated carbocycles. The Bertz CT molecular complexity index is 1200. The molecular weight excluding hydrogens is 423 g/mol. The van der Waals surface area contributed by atoms with E-state index in [9.17, 15) is 23.9 Å². The lowest BCUT2D eigenvalue weighted by Crippen LogP contribution is -2.44. The van der Waals surface area contributed by atoms with Crippen molar-refractivity contribution in [3.63, 3.8) is 0 Å². The van der Waals surface area contributed by atoms with Gasteiger partial charge < -0.3 is 25.1 Å². The Kier molecular flexibility index (Phi) is 6.44. The number of aromatic nitrogens is 4. The Hall–Kier alpha value is -3.93. The van der Waals surface area contributed by atoms with Gasteiger partial charge in [0.1, 0.15) is 17.3 Å². The summed E-state index contributed by atoms with van der Waals surface area (Å²) in [5.74, 6) is -1.94. The molecule has 0 radical (unpaired) electrons. The third kappa shape index (κ3) is 5.03. The summed E-state index contributed by atoms with van der Waals surface area (Å²) in [5, 5.41) is 22.0. The number of hydrogen-bond donors (Lipinski definition) is 4. The molecular formula is C20H21FN6O5. The number of aliphatic hydroxyl groups is 1. The highest BCUT2D eigenvalue weighted by Gasteiger charge is 2.30. The third-order valence-corrected chi connectivity index (χ3v) is 4.49. The minimum absolute atomic E-state index is 0.0313. The number of aromatic amines is 1. The maximum Gasteiger partial charge on any atom is 0.309 e. The summed E-state index contributed by atoms with van der Waals surface area (Å²) in [6, 6.07) is 5.49. The molecule has 0 unspecified atom stereocenters. The molecule has 2 heterocycles. The van der Waals surface area contributed by atoms with Crippen molar-refractivity contribution in [1.82, 2.24) is 30.8 Å². The van der Waals surface area contributed by atoms with Gasteiger partial charge in [-0.3, -0.25) is 14.4 Å². The van der Waals surface area contributed by atoms with Crippen LogP contribution in [0, 0.1) is 12.7 Å². The SMILES string of the molecule is Cc1nnc(C(=O)NC(C)(C)c2nc(C(=O)NCc3ccc(F)cc3)c(CO)c(=O)[nH]2)o1. The van der Waals surface area contributed by atoms with Crippen molar-refractivity contribution in [2.45, 2.75) is 39.5 Å². The van der Waals surface area contributed by atoms with Gasteiger partial charge >= 0.3 is 11.8 Å². The first-order valence-corrected chi connectivity index (χ1v) is 9.50. The van der Waals surface area contributed by atoms with Crippen LogP contribution < -0.4 is 16.2 Å². The summed E-state index contributed by atoms with van der Waals surface area (Å²) in [6.07, 6.45) is 0. The maximum atomic E-state index is 13.0. The number of hydrogen-bond acceptors (Lipinski definition) is 8. The van der Waals surface area contributed by atoms with Crippen molar-refractivity contribution in [2.24, 2.45) is 0 Å². The fourth-order valence-electron chi connectivity index (χ4n) is 2.78. The number of rotatable bonds is 7. The normalized spacial score (nSPS) is 11.3. The van der Waals surface area contributed by atoms with Crippen molar-refractivity contribution in [2.75, 3.05) is 0 Å². The fourth-order valence-corrected chi connectivity index (χ4v) is 2.78. The smallest absolute Gasteiger partial charge is 0.309 e. The number of carbonyl (C=O) groups excluding carboxylic acids is 2. The van der Waals surface area contributed by atoms with Gasteiger partial charge in [0, 0.05) is 13.5 Å². The van der Waals surface area contributed by atoms with Gasteiger partial charge in [0.2, 0.25) is 5.89 Å². The second-order valence-corrected chi connectivity index (χ2v) is 7.41. The first-order valence-electron chi connectivity index (χ1n) is 9.50. The van der Waals surface area contributed by atoms with E-state index in [-0.39, 0.29) is 35.4 Å². The Morgan fingerprint density at radius 2 is 1.88 bits per heavy atom. The summed E-state index contributed by atoms with van der Waals surface area (Å²) in [6.45, 7) is 3.94. The molecule has 0 spiro atoms. The largest absolute Gasteiger partial charge is 0.417 e. The van der Waals surface area contributed by atoms with Crippen molar-refractivity contribution < 1.29 is 23.5 Å². The van der Waals surface area contributed by atoms with Crippen LogP contribution in [0.3, 0.4) is 0 Å². The minimum Gasteiger partial charge on any atom is -0.417 e. The monoisotopic (exact) mass is 444 g/mol. The van der Waals surface area contributed by atoms with Gasteiger partial charge in [-0.15, -0.1) is 10.2 Å². The minimum atomic E-state index is -1.25. The number of halogens is 1. The van der Waals surface area contributed by atoms with Crippen LogP contribution in [0.5, 0.6) is 0 Å². The van der Waals surface area contributed by atoms with Gasteiger partial charge in [-0.25, -0.2) is 9.37 Å². The zero-order valence-corrected chi connectivity index (χ0v) is 17.5. The van der Waals surface area contributed by atoms with Gasteiger partial charge in [0.05, 0.1) is 17.7 Å². The van der Waals surface area contributed by atoms with Gasteiger partial charge in [0.15, 0.2) is 0 Å². The van der Waals surface area contributed by atoms with Crippen molar-refractivity contribution in [3.8, 4) is 0 Å². The van der Waals surface area contributed by atoms with E-state index < -0.39 is 35.3 Å². The van der Waals surface area contributed by atoms with Gasteiger partial charge in [-0.2, -0.15) is 0 Å². The van der Waals surface area contributed by atoms with Crippen LogP contribution in [0.15, 0.2) is 33.5 Å². The van der Waals surface area contributed by atoms with Crippen LogP contribution in [-0.4, -0.2) is 37.1 Å². The van der Waals surface area contributed by atoms with Crippen LogP contribution in [0.1, 0.15) is 57.9 Å². The lowest BCUT2D eigenvalue weighted by molar-refractivity contribution is 0.0871. The molecule has 4 N–H and O–H groups in total. The highest BCUT2D eigenvalue weighted by Crippen LogP contribution is 2.17. The number of carbonyl (C=O) groups is 2. The maximum absolute atomic E-state index is 13.0. The number of amides is 2. The van der Waals surface area contributed by atoms with E-state index >= 15 is 0 Å². The Morgan fingerprint density at radius 3 is 2.47 bits per heavy atom. The van der Waals surface area contributed by atoms with Crippen molar-refractivity contribution in [1.29, 1.82) is 0 Å². The molecule has 3 rings (SSSR count).